The van der Waals surface area contributed by atoms with Gasteiger partial charge in [-0.2, -0.15) is 15.0 Å². The van der Waals surface area contributed by atoms with Gasteiger partial charge in [0.15, 0.2) is 5.82 Å². The number of aromatic nitrogens is 3. The molecule has 0 fully saturated rings. The van der Waals surface area contributed by atoms with Gasteiger partial charge in [0.1, 0.15) is 11.2 Å². The van der Waals surface area contributed by atoms with Crippen molar-refractivity contribution in [3.05, 3.63) is 65.2 Å². The molecule has 0 aliphatic carbocycles. The first kappa shape index (κ1) is 14.6. The Kier molecular flexibility index (Phi) is 3.17. The second-order valence-corrected chi connectivity index (χ2v) is 6.35. The lowest BCUT2D eigenvalue weighted by molar-refractivity contribution is 0.669. The van der Waals surface area contributed by atoms with Crippen molar-refractivity contribution < 1.29 is 4.42 Å². The number of fused-ring (bicyclic) bond motifs is 5. The summed E-state index contributed by atoms with van der Waals surface area (Å²) < 4.78 is 6.05. The number of hydrogen-bond acceptors (Lipinski definition) is 4. The highest BCUT2D eigenvalue weighted by Gasteiger charge is 2.13. The lowest BCUT2D eigenvalue weighted by Crippen LogP contribution is -1.93. The summed E-state index contributed by atoms with van der Waals surface area (Å²) in [6.45, 7) is 0. The molecule has 0 aliphatic rings. The second-order valence-electron chi connectivity index (χ2n) is 5.67. The third-order valence-electron chi connectivity index (χ3n) is 4.20. The van der Waals surface area contributed by atoms with Crippen molar-refractivity contribution in [2.45, 2.75) is 0 Å². The SMILES string of the molecule is Clc1nc(Cl)nc(-c2ccc3c(c2)oc2ccc4ccccc4c23)n1. The molecule has 5 rings (SSSR count). The molecule has 0 spiro atoms. The van der Waals surface area contributed by atoms with Crippen LogP contribution in [0, 0.1) is 0 Å². The van der Waals surface area contributed by atoms with Crippen LogP contribution in [0.15, 0.2) is 59.0 Å². The molecule has 0 bridgehead atoms. The highest BCUT2D eigenvalue weighted by atomic mass is 35.5. The highest BCUT2D eigenvalue weighted by molar-refractivity contribution is 6.31. The average Bonchev–Trinajstić information content (AvgIpc) is 2.99. The predicted molar refractivity (Wildman–Crippen MR) is 100 cm³/mol. The van der Waals surface area contributed by atoms with Gasteiger partial charge in [-0.1, -0.05) is 36.4 Å². The molecular formula is C19H9Cl2N3O. The van der Waals surface area contributed by atoms with E-state index >= 15 is 0 Å². The Hall–Kier alpha value is -2.69. The maximum absolute atomic E-state index is 6.05. The van der Waals surface area contributed by atoms with Crippen LogP contribution in [0.5, 0.6) is 0 Å². The molecule has 0 amide bonds. The van der Waals surface area contributed by atoms with Crippen molar-refractivity contribution >= 4 is 55.9 Å². The Bertz CT molecular complexity index is 1260. The summed E-state index contributed by atoms with van der Waals surface area (Å²) in [6.07, 6.45) is 0. The standard InChI is InChI=1S/C19H9Cl2N3O/c20-18-22-17(23-19(21)24-18)11-5-7-13-15(9-11)25-14-8-6-10-3-1-2-4-12(10)16(13)14/h1-9H. The van der Waals surface area contributed by atoms with Crippen molar-refractivity contribution in [2.75, 3.05) is 0 Å². The largest absolute Gasteiger partial charge is 0.456 e. The normalized spacial score (nSPS) is 11.6. The molecule has 0 radical (unpaired) electrons. The number of furan rings is 1. The average molecular weight is 366 g/mol. The first-order valence-corrected chi connectivity index (χ1v) is 8.36. The van der Waals surface area contributed by atoms with Crippen LogP contribution in [0.3, 0.4) is 0 Å². The van der Waals surface area contributed by atoms with E-state index in [1.807, 2.05) is 36.4 Å². The van der Waals surface area contributed by atoms with E-state index in [0.717, 1.165) is 32.9 Å². The van der Waals surface area contributed by atoms with Gasteiger partial charge in [0.25, 0.3) is 0 Å². The molecule has 0 N–H and O–H groups in total. The molecule has 25 heavy (non-hydrogen) atoms. The maximum atomic E-state index is 6.05. The molecule has 4 nitrogen and oxygen atoms in total. The summed E-state index contributed by atoms with van der Waals surface area (Å²) in [5.74, 6) is 0.414. The van der Waals surface area contributed by atoms with Gasteiger partial charge in [-0.3, -0.25) is 0 Å². The van der Waals surface area contributed by atoms with Gasteiger partial charge < -0.3 is 4.42 Å². The molecular weight excluding hydrogens is 357 g/mol. The first-order valence-electron chi connectivity index (χ1n) is 7.60. The molecule has 0 aliphatic heterocycles. The molecule has 0 unspecified atom stereocenters. The third kappa shape index (κ3) is 2.34. The maximum Gasteiger partial charge on any atom is 0.227 e. The molecule has 2 aromatic heterocycles. The van der Waals surface area contributed by atoms with E-state index in [2.05, 4.69) is 33.2 Å². The van der Waals surface area contributed by atoms with E-state index in [9.17, 15) is 0 Å². The van der Waals surface area contributed by atoms with E-state index in [1.165, 1.54) is 5.39 Å². The fourth-order valence-corrected chi connectivity index (χ4v) is 3.50. The van der Waals surface area contributed by atoms with Gasteiger partial charge in [-0.25, -0.2) is 0 Å². The zero-order chi connectivity index (χ0) is 17.0. The van der Waals surface area contributed by atoms with Crippen LogP contribution in [-0.4, -0.2) is 15.0 Å². The Balaban J connectivity index is 1.81. The summed E-state index contributed by atoms with van der Waals surface area (Å²) in [5.41, 5.74) is 2.37. The van der Waals surface area contributed by atoms with Crippen LogP contribution in [0.4, 0.5) is 0 Å². The fraction of sp³-hybridized carbons (Fsp3) is 0. The van der Waals surface area contributed by atoms with Crippen molar-refractivity contribution in [2.24, 2.45) is 0 Å². The Labute approximate surface area is 152 Å². The van der Waals surface area contributed by atoms with E-state index < -0.39 is 0 Å². The van der Waals surface area contributed by atoms with Crippen LogP contribution in [-0.2, 0) is 0 Å². The first-order chi connectivity index (χ1) is 12.2. The summed E-state index contributed by atoms with van der Waals surface area (Å²) >= 11 is 11.8. The number of hydrogen-bond donors (Lipinski definition) is 0. The molecule has 0 saturated carbocycles. The zero-order valence-electron chi connectivity index (χ0n) is 12.7. The van der Waals surface area contributed by atoms with E-state index in [1.54, 1.807) is 0 Å². The quantitative estimate of drug-likeness (QED) is 0.371. The minimum atomic E-state index is 0.0608. The Morgan fingerprint density at radius 3 is 2.36 bits per heavy atom. The molecule has 5 aromatic rings. The van der Waals surface area contributed by atoms with Gasteiger partial charge in [0.2, 0.25) is 10.6 Å². The minimum Gasteiger partial charge on any atom is -0.456 e. The van der Waals surface area contributed by atoms with Gasteiger partial charge in [-0.15, -0.1) is 0 Å². The number of rotatable bonds is 1. The number of halogens is 2. The van der Waals surface area contributed by atoms with Gasteiger partial charge >= 0.3 is 0 Å². The third-order valence-corrected chi connectivity index (χ3v) is 4.54. The molecule has 0 atom stereocenters. The minimum absolute atomic E-state index is 0.0608. The molecule has 2 heterocycles. The smallest absolute Gasteiger partial charge is 0.227 e. The summed E-state index contributed by atoms with van der Waals surface area (Å²) in [6, 6.07) is 18.2. The predicted octanol–water partition coefficient (Wildman–Crippen LogP) is 5.90. The van der Waals surface area contributed by atoms with E-state index in [-0.39, 0.29) is 10.6 Å². The summed E-state index contributed by atoms with van der Waals surface area (Å²) in [4.78, 5) is 12.0. The van der Waals surface area contributed by atoms with Gasteiger partial charge in [0, 0.05) is 16.3 Å². The Morgan fingerprint density at radius 2 is 1.52 bits per heavy atom. The van der Waals surface area contributed by atoms with Crippen LogP contribution in [0.2, 0.25) is 10.6 Å². The molecule has 0 saturated heterocycles. The van der Waals surface area contributed by atoms with Crippen LogP contribution in [0.1, 0.15) is 0 Å². The van der Waals surface area contributed by atoms with Gasteiger partial charge in [-0.05, 0) is 52.2 Å². The van der Waals surface area contributed by atoms with Gasteiger partial charge in [0.05, 0.1) is 0 Å². The number of benzene rings is 3. The Morgan fingerprint density at radius 1 is 0.720 bits per heavy atom. The number of nitrogens with zero attached hydrogens (tertiary/aromatic N) is 3. The van der Waals surface area contributed by atoms with E-state index in [0.29, 0.717) is 5.82 Å². The zero-order valence-corrected chi connectivity index (χ0v) is 14.2. The summed E-state index contributed by atoms with van der Waals surface area (Å²) in [7, 11) is 0. The summed E-state index contributed by atoms with van der Waals surface area (Å²) in [5, 5.41) is 4.61. The monoisotopic (exact) mass is 365 g/mol. The highest BCUT2D eigenvalue weighted by Crippen LogP contribution is 2.36. The second kappa shape index (κ2) is 5.41. The lowest BCUT2D eigenvalue weighted by atomic mass is 10.0. The molecule has 120 valence electrons. The molecule has 3 aromatic carbocycles. The van der Waals surface area contributed by atoms with E-state index in [4.69, 9.17) is 27.6 Å². The van der Waals surface area contributed by atoms with Crippen molar-refractivity contribution in [3.63, 3.8) is 0 Å². The lowest BCUT2D eigenvalue weighted by Gasteiger charge is -2.01. The van der Waals surface area contributed by atoms with Crippen molar-refractivity contribution in [1.29, 1.82) is 0 Å². The van der Waals surface area contributed by atoms with Crippen LogP contribution >= 0.6 is 23.2 Å². The van der Waals surface area contributed by atoms with Crippen molar-refractivity contribution in [1.82, 2.24) is 15.0 Å². The topological polar surface area (TPSA) is 51.8 Å². The molecule has 6 heteroatoms. The van der Waals surface area contributed by atoms with Crippen molar-refractivity contribution in [3.8, 4) is 11.4 Å². The van der Waals surface area contributed by atoms with Crippen LogP contribution < -0.4 is 0 Å². The fourth-order valence-electron chi connectivity index (χ4n) is 3.14. The van der Waals surface area contributed by atoms with Crippen LogP contribution in [0.25, 0.3) is 44.1 Å².